The molecule has 0 aliphatic heterocycles. The van der Waals surface area contributed by atoms with Crippen molar-refractivity contribution >= 4 is 10.8 Å². The van der Waals surface area contributed by atoms with Crippen LogP contribution < -0.4 is 0 Å². The number of aromatic nitrogens is 1. The van der Waals surface area contributed by atoms with E-state index < -0.39 is 0 Å². The van der Waals surface area contributed by atoms with Gasteiger partial charge in [-0.25, -0.2) is 0 Å². The largest absolute Gasteiger partial charge is 0.265 e. The first kappa shape index (κ1) is 30.3. The summed E-state index contributed by atoms with van der Waals surface area (Å²) in [4.78, 5) is 3.85. The Morgan fingerprint density at radius 2 is 0.903 bits per heavy atom. The summed E-state index contributed by atoms with van der Waals surface area (Å²) in [6.45, 7) is 18.3. The van der Waals surface area contributed by atoms with Crippen molar-refractivity contribution in [2.75, 3.05) is 0 Å². The van der Waals surface area contributed by atoms with E-state index in [0.29, 0.717) is 0 Å². The first-order chi connectivity index (χ1) is 15.2. The van der Waals surface area contributed by atoms with Gasteiger partial charge in [-0.1, -0.05) is 120 Å². The molecule has 4 aromatic rings. The van der Waals surface area contributed by atoms with E-state index in [1.165, 1.54) is 27.5 Å². The van der Waals surface area contributed by atoms with Crippen LogP contribution in [0.1, 0.15) is 58.2 Å². The first-order valence-electron chi connectivity index (χ1n) is 11.5. The van der Waals surface area contributed by atoms with Crippen LogP contribution in [0.4, 0.5) is 0 Å². The van der Waals surface area contributed by atoms with Crippen LogP contribution >= 0.6 is 0 Å². The molecule has 168 valence electrons. The van der Waals surface area contributed by atoms with Crippen molar-refractivity contribution in [3.05, 3.63) is 114 Å². The van der Waals surface area contributed by atoms with E-state index >= 15 is 0 Å². The van der Waals surface area contributed by atoms with Gasteiger partial charge in [0.05, 0.1) is 0 Å². The van der Waals surface area contributed by atoms with E-state index in [4.69, 9.17) is 0 Å². The fraction of sp³-hybridized carbons (Fsp3) is 0.300. The Hall–Kier alpha value is -2.93. The summed E-state index contributed by atoms with van der Waals surface area (Å²) in [6, 6.07) is 29.0. The minimum atomic E-state index is 1.26. The molecule has 1 aromatic heterocycles. The third kappa shape index (κ3) is 14.7. The van der Waals surface area contributed by atoms with Gasteiger partial charge in [-0.2, -0.15) is 0 Å². The van der Waals surface area contributed by atoms with Crippen molar-refractivity contribution in [3.8, 4) is 0 Å². The van der Waals surface area contributed by atoms with Gasteiger partial charge in [0.1, 0.15) is 0 Å². The maximum atomic E-state index is 3.85. The fourth-order valence-corrected chi connectivity index (χ4v) is 2.35. The second-order valence-corrected chi connectivity index (χ2v) is 5.98. The molecule has 0 atom stereocenters. The van der Waals surface area contributed by atoms with Crippen LogP contribution in [0, 0.1) is 20.8 Å². The average Bonchev–Trinajstić information content (AvgIpc) is 2.85. The Morgan fingerprint density at radius 3 is 1.32 bits per heavy atom. The topological polar surface area (TPSA) is 12.9 Å². The lowest BCUT2D eigenvalue weighted by Crippen LogP contribution is -1.75. The lowest BCUT2D eigenvalue weighted by atomic mass is 10.1. The van der Waals surface area contributed by atoms with Gasteiger partial charge < -0.3 is 0 Å². The molecule has 0 unspecified atom stereocenters. The van der Waals surface area contributed by atoms with Crippen LogP contribution in [-0.4, -0.2) is 4.98 Å². The van der Waals surface area contributed by atoms with E-state index in [9.17, 15) is 0 Å². The number of rotatable bonds is 0. The predicted octanol–water partition coefficient (Wildman–Crippen LogP) is 9.61. The van der Waals surface area contributed by atoms with Gasteiger partial charge in [0.2, 0.25) is 0 Å². The third-order valence-corrected chi connectivity index (χ3v) is 3.80. The van der Waals surface area contributed by atoms with Crippen LogP contribution in [0.5, 0.6) is 0 Å². The zero-order valence-electron chi connectivity index (χ0n) is 21.2. The summed E-state index contributed by atoms with van der Waals surface area (Å²) < 4.78 is 0. The van der Waals surface area contributed by atoms with Crippen molar-refractivity contribution in [2.45, 2.75) is 62.3 Å². The van der Waals surface area contributed by atoms with E-state index in [2.05, 4.69) is 73.4 Å². The van der Waals surface area contributed by atoms with E-state index in [-0.39, 0.29) is 0 Å². The molecule has 0 bridgehead atoms. The molecule has 1 heteroatoms. The summed E-state index contributed by atoms with van der Waals surface area (Å²) in [5.41, 5.74) is 3.93. The molecule has 0 spiro atoms. The van der Waals surface area contributed by atoms with Crippen LogP contribution in [0.25, 0.3) is 10.8 Å². The molecule has 0 radical (unpaired) electrons. The highest BCUT2D eigenvalue weighted by atomic mass is 14.6. The highest BCUT2D eigenvalue weighted by Gasteiger charge is 1.92. The molecule has 1 heterocycles. The number of pyridine rings is 1. The highest BCUT2D eigenvalue weighted by molar-refractivity contribution is 5.85. The molecule has 31 heavy (non-hydrogen) atoms. The Morgan fingerprint density at radius 1 is 0.452 bits per heavy atom. The van der Waals surface area contributed by atoms with Gasteiger partial charge in [-0.3, -0.25) is 4.98 Å². The molecule has 0 aliphatic rings. The Balaban J connectivity index is 0. The molecule has 0 aliphatic carbocycles. The van der Waals surface area contributed by atoms with Gasteiger partial charge >= 0.3 is 0 Å². The molecule has 3 aromatic carbocycles. The van der Waals surface area contributed by atoms with Crippen LogP contribution in [0.2, 0.25) is 0 Å². The molecule has 1 nitrogen and oxygen atoms in total. The molecule has 0 saturated heterocycles. The van der Waals surface area contributed by atoms with Crippen molar-refractivity contribution in [2.24, 2.45) is 0 Å². The second kappa shape index (κ2) is 21.8. The van der Waals surface area contributed by atoms with Gasteiger partial charge in [-0.05, 0) is 54.8 Å². The standard InChI is InChI=1S/C11H10.C7H8.C6H7N.3C2H6/c1-9-5-4-7-10-6-2-3-8-11(9)10;1-7-5-3-2-4-6-7;1-6-2-4-7-5-3-6;3*1-2/h2-8H,1H3;2-6H,1H3;2-5H,1H3;3*1-2H3. The smallest absolute Gasteiger partial charge is 0.0270 e. The lowest BCUT2D eigenvalue weighted by molar-refractivity contribution is 1.29. The SMILES string of the molecule is CC.CC.CC.Cc1cccc2ccccc12.Cc1ccccc1.Cc1ccncc1. The third-order valence-electron chi connectivity index (χ3n) is 3.80. The Labute approximate surface area is 192 Å². The van der Waals surface area contributed by atoms with E-state index in [1.54, 1.807) is 12.4 Å². The number of fused-ring (bicyclic) bond motifs is 1. The quantitative estimate of drug-likeness (QED) is 0.277. The summed E-state index contributed by atoms with van der Waals surface area (Å²) in [6.07, 6.45) is 3.57. The fourth-order valence-electron chi connectivity index (χ4n) is 2.35. The van der Waals surface area contributed by atoms with Gasteiger partial charge in [0, 0.05) is 12.4 Å². The summed E-state index contributed by atoms with van der Waals surface area (Å²) >= 11 is 0. The maximum Gasteiger partial charge on any atom is 0.0270 e. The summed E-state index contributed by atoms with van der Waals surface area (Å²) in [7, 11) is 0. The van der Waals surface area contributed by atoms with Crippen LogP contribution in [-0.2, 0) is 0 Å². The van der Waals surface area contributed by atoms with Crippen molar-refractivity contribution in [1.29, 1.82) is 0 Å². The molecule has 4 rings (SSSR count). The number of hydrogen-bond acceptors (Lipinski definition) is 1. The monoisotopic (exact) mass is 417 g/mol. The van der Waals surface area contributed by atoms with Crippen molar-refractivity contribution in [3.63, 3.8) is 0 Å². The Kier molecular flexibility index (Phi) is 21.3. The van der Waals surface area contributed by atoms with E-state index in [0.717, 1.165) is 0 Å². The summed E-state index contributed by atoms with van der Waals surface area (Å²) in [5.74, 6) is 0. The Bertz CT molecular complexity index is 825. The zero-order valence-corrected chi connectivity index (χ0v) is 21.2. The lowest BCUT2D eigenvalue weighted by Gasteiger charge is -1.98. The minimum absolute atomic E-state index is 1.26. The summed E-state index contributed by atoms with van der Waals surface area (Å²) in [5, 5.41) is 2.68. The highest BCUT2D eigenvalue weighted by Crippen LogP contribution is 2.16. The molecule has 0 amide bonds. The van der Waals surface area contributed by atoms with Gasteiger partial charge in [0.15, 0.2) is 0 Å². The van der Waals surface area contributed by atoms with Crippen molar-refractivity contribution < 1.29 is 0 Å². The van der Waals surface area contributed by atoms with Crippen LogP contribution in [0.3, 0.4) is 0 Å². The van der Waals surface area contributed by atoms with Crippen molar-refractivity contribution in [1.82, 2.24) is 4.98 Å². The van der Waals surface area contributed by atoms with Crippen LogP contribution in [0.15, 0.2) is 97.3 Å². The average molecular weight is 418 g/mol. The molecular formula is C30H43N. The zero-order chi connectivity index (χ0) is 23.9. The molecular weight excluding hydrogens is 374 g/mol. The van der Waals surface area contributed by atoms with E-state index in [1.807, 2.05) is 78.8 Å². The molecule has 0 saturated carbocycles. The molecule has 0 N–H and O–H groups in total. The number of hydrogen-bond donors (Lipinski definition) is 0. The molecule has 0 fully saturated rings. The van der Waals surface area contributed by atoms with Gasteiger partial charge in [0.25, 0.3) is 0 Å². The normalized spacial score (nSPS) is 8.16. The van der Waals surface area contributed by atoms with Gasteiger partial charge in [-0.15, -0.1) is 0 Å². The maximum absolute atomic E-state index is 3.85. The number of aryl methyl sites for hydroxylation is 3. The number of benzene rings is 3. The predicted molar refractivity (Wildman–Crippen MR) is 143 cm³/mol. The number of nitrogens with zero attached hydrogens (tertiary/aromatic N) is 1. The second-order valence-electron chi connectivity index (χ2n) is 5.98. The first-order valence-corrected chi connectivity index (χ1v) is 11.5. The minimum Gasteiger partial charge on any atom is -0.265 e.